The molecule has 8 heteroatoms. The maximum atomic E-state index is 13.4. The van der Waals surface area contributed by atoms with Gasteiger partial charge in [0, 0.05) is 12.6 Å². The first-order valence-corrected chi connectivity index (χ1v) is 9.91. The van der Waals surface area contributed by atoms with Gasteiger partial charge in [0.15, 0.2) is 6.10 Å². The molecule has 2 amide bonds. The number of likely N-dealkylation sites (N-methyl/N-ethyl adjacent to an activating group) is 1. The predicted octanol–water partition coefficient (Wildman–Crippen LogP) is 3.02. The summed E-state index contributed by atoms with van der Waals surface area (Å²) in [7, 11) is 1.54. The molecule has 0 saturated carbocycles. The lowest BCUT2D eigenvalue weighted by Crippen LogP contribution is -2.50. The smallest absolute Gasteiger partial charge is 0.262 e. The van der Waals surface area contributed by atoms with Gasteiger partial charge in [-0.15, -0.1) is 0 Å². The summed E-state index contributed by atoms with van der Waals surface area (Å²) >= 11 is 0. The third-order valence-electron chi connectivity index (χ3n) is 5.20. The van der Waals surface area contributed by atoms with Gasteiger partial charge >= 0.3 is 0 Å². The number of amides is 2. The van der Waals surface area contributed by atoms with E-state index in [1.807, 2.05) is 19.9 Å². The molecule has 0 saturated heterocycles. The maximum absolute atomic E-state index is 13.4. The van der Waals surface area contributed by atoms with E-state index in [0.717, 1.165) is 11.3 Å². The van der Waals surface area contributed by atoms with Crippen molar-refractivity contribution in [3.8, 4) is 11.5 Å². The number of ether oxygens (including phenoxy) is 2. The Bertz CT molecular complexity index is 1100. The van der Waals surface area contributed by atoms with Crippen LogP contribution in [0, 0.1) is 13.8 Å². The highest BCUT2D eigenvalue weighted by molar-refractivity contribution is 6.08. The predicted molar refractivity (Wildman–Crippen MR) is 113 cm³/mol. The van der Waals surface area contributed by atoms with Crippen LogP contribution in [0.4, 0.5) is 5.69 Å². The number of aryl methyl sites for hydroxylation is 2. The Morgan fingerprint density at radius 2 is 2.00 bits per heavy atom. The van der Waals surface area contributed by atoms with Crippen molar-refractivity contribution in [1.29, 1.82) is 0 Å². The first-order chi connectivity index (χ1) is 15.0. The minimum atomic E-state index is -0.789. The van der Waals surface area contributed by atoms with Gasteiger partial charge < -0.3 is 24.2 Å². The Kier molecular flexibility index (Phi) is 5.62. The Labute approximate surface area is 179 Å². The largest absolute Gasteiger partial charge is 0.489 e. The summed E-state index contributed by atoms with van der Waals surface area (Å²) in [5, 5.41) is 6.50. The first-order valence-electron chi connectivity index (χ1n) is 9.91. The second-order valence-electron chi connectivity index (χ2n) is 7.22. The van der Waals surface area contributed by atoms with Gasteiger partial charge in [0.1, 0.15) is 23.9 Å². The Hall–Kier alpha value is -3.81. The van der Waals surface area contributed by atoms with E-state index in [9.17, 15) is 9.59 Å². The zero-order chi connectivity index (χ0) is 22.0. The second kappa shape index (κ2) is 8.51. The van der Waals surface area contributed by atoms with Crippen molar-refractivity contribution in [2.75, 3.05) is 18.5 Å². The van der Waals surface area contributed by atoms with E-state index in [2.05, 4.69) is 10.5 Å². The fourth-order valence-electron chi connectivity index (χ4n) is 3.46. The molecule has 1 aliphatic rings. The molecular formula is C23H23N3O5. The maximum Gasteiger partial charge on any atom is 0.262 e. The number of nitrogens with one attached hydrogen (secondary N) is 1. The number of benzene rings is 2. The number of anilines is 1. The van der Waals surface area contributed by atoms with Crippen molar-refractivity contribution in [2.24, 2.45) is 0 Å². The van der Waals surface area contributed by atoms with Crippen LogP contribution in [-0.2, 0) is 11.4 Å². The summed E-state index contributed by atoms with van der Waals surface area (Å²) in [6, 6.07) is 14.1. The van der Waals surface area contributed by atoms with Crippen LogP contribution < -0.4 is 19.7 Å². The molecule has 4 rings (SSSR count). The molecule has 2 aromatic carbocycles. The molecule has 1 aliphatic heterocycles. The van der Waals surface area contributed by atoms with Crippen LogP contribution in [-0.4, -0.2) is 36.7 Å². The highest BCUT2D eigenvalue weighted by atomic mass is 16.5. The minimum absolute atomic E-state index is 0.111. The second-order valence-corrected chi connectivity index (χ2v) is 7.22. The van der Waals surface area contributed by atoms with E-state index in [-0.39, 0.29) is 25.0 Å². The van der Waals surface area contributed by atoms with Crippen LogP contribution >= 0.6 is 0 Å². The van der Waals surface area contributed by atoms with Gasteiger partial charge in [-0.05, 0) is 44.2 Å². The number of nitrogens with zero attached hydrogens (tertiary/aromatic N) is 2. The lowest BCUT2D eigenvalue weighted by atomic mass is 10.1. The van der Waals surface area contributed by atoms with Crippen LogP contribution in [0.3, 0.4) is 0 Å². The molecule has 0 spiro atoms. The van der Waals surface area contributed by atoms with Gasteiger partial charge in [0.25, 0.3) is 11.8 Å². The molecule has 3 aromatic rings. The summed E-state index contributed by atoms with van der Waals surface area (Å²) in [6.07, 6.45) is -0.789. The molecule has 1 aromatic heterocycles. The van der Waals surface area contributed by atoms with Gasteiger partial charge in [-0.3, -0.25) is 9.59 Å². The third kappa shape index (κ3) is 4.09. The summed E-state index contributed by atoms with van der Waals surface area (Å²) in [5.41, 5.74) is 2.72. The zero-order valence-electron chi connectivity index (χ0n) is 17.5. The standard InChI is InChI=1S/C23H23N3O5/c1-14-18(15(2)31-25-14)13-29-17-8-6-7-16(11-17)23(28)26-12-21(22(27)24-3)30-20-10-5-4-9-19(20)26/h4-11,21H,12-13H2,1-3H3,(H,24,27)/t21-/m1/s1. The fourth-order valence-corrected chi connectivity index (χ4v) is 3.46. The number of rotatable bonds is 5. The van der Waals surface area contributed by atoms with Crippen LogP contribution in [0.2, 0.25) is 0 Å². The lowest BCUT2D eigenvalue weighted by Gasteiger charge is -2.34. The van der Waals surface area contributed by atoms with Crippen LogP contribution in [0.5, 0.6) is 11.5 Å². The van der Waals surface area contributed by atoms with Crippen LogP contribution in [0.1, 0.15) is 27.4 Å². The number of fused-ring (bicyclic) bond motifs is 1. The van der Waals surface area contributed by atoms with Gasteiger partial charge in [-0.1, -0.05) is 23.4 Å². The van der Waals surface area contributed by atoms with Crippen molar-refractivity contribution in [1.82, 2.24) is 10.5 Å². The first kappa shape index (κ1) is 20.5. The molecule has 31 heavy (non-hydrogen) atoms. The van der Waals surface area contributed by atoms with E-state index < -0.39 is 6.10 Å². The minimum Gasteiger partial charge on any atom is -0.489 e. The molecule has 160 valence electrons. The lowest BCUT2D eigenvalue weighted by molar-refractivity contribution is -0.127. The van der Waals surface area contributed by atoms with Crippen molar-refractivity contribution < 1.29 is 23.6 Å². The number of carbonyl (C=O) groups is 2. The molecule has 2 heterocycles. The fraction of sp³-hybridized carbons (Fsp3) is 0.261. The molecule has 1 N–H and O–H groups in total. The topological polar surface area (TPSA) is 93.9 Å². The number of hydrogen-bond donors (Lipinski definition) is 1. The van der Waals surface area contributed by atoms with Crippen molar-refractivity contribution in [3.05, 3.63) is 71.1 Å². The average molecular weight is 421 g/mol. The molecule has 0 bridgehead atoms. The Balaban J connectivity index is 1.57. The van der Waals surface area contributed by atoms with E-state index in [4.69, 9.17) is 14.0 Å². The van der Waals surface area contributed by atoms with E-state index in [1.165, 1.54) is 7.05 Å². The highest BCUT2D eigenvalue weighted by Crippen LogP contribution is 2.34. The number of para-hydroxylation sites is 2. The van der Waals surface area contributed by atoms with Gasteiger partial charge in [-0.2, -0.15) is 0 Å². The quantitative estimate of drug-likeness (QED) is 0.681. The van der Waals surface area contributed by atoms with Gasteiger partial charge in [-0.25, -0.2) is 0 Å². The Morgan fingerprint density at radius 1 is 1.19 bits per heavy atom. The van der Waals surface area contributed by atoms with Gasteiger partial charge in [0.05, 0.1) is 23.5 Å². The zero-order valence-corrected chi connectivity index (χ0v) is 17.5. The van der Waals surface area contributed by atoms with Crippen molar-refractivity contribution in [2.45, 2.75) is 26.6 Å². The number of carbonyl (C=O) groups excluding carboxylic acids is 2. The summed E-state index contributed by atoms with van der Waals surface area (Å²) < 4.78 is 16.8. The molecule has 0 aliphatic carbocycles. The SMILES string of the molecule is CNC(=O)[C@H]1CN(C(=O)c2cccc(OCc3c(C)noc3C)c2)c2ccccc2O1. The van der Waals surface area contributed by atoms with E-state index >= 15 is 0 Å². The molecule has 0 fully saturated rings. The molecule has 0 radical (unpaired) electrons. The average Bonchev–Trinajstić information content (AvgIpc) is 3.13. The van der Waals surface area contributed by atoms with Crippen LogP contribution in [0.15, 0.2) is 53.1 Å². The van der Waals surface area contributed by atoms with Crippen molar-refractivity contribution in [3.63, 3.8) is 0 Å². The summed E-state index contributed by atoms with van der Waals surface area (Å²) in [5.74, 6) is 1.21. The number of hydrogen-bond acceptors (Lipinski definition) is 6. The van der Waals surface area contributed by atoms with Crippen molar-refractivity contribution >= 4 is 17.5 Å². The van der Waals surface area contributed by atoms with E-state index in [0.29, 0.717) is 28.5 Å². The van der Waals surface area contributed by atoms with Gasteiger partial charge in [0.2, 0.25) is 0 Å². The van der Waals surface area contributed by atoms with E-state index in [1.54, 1.807) is 47.4 Å². The normalized spacial score (nSPS) is 15.1. The highest BCUT2D eigenvalue weighted by Gasteiger charge is 2.33. The monoisotopic (exact) mass is 421 g/mol. The number of aromatic nitrogens is 1. The van der Waals surface area contributed by atoms with Crippen LogP contribution in [0.25, 0.3) is 0 Å². The molecule has 1 atom stereocenters. The molecule has 8 nitrogen and oxygen atoms in total. The Morgan fingerprint density at radius 3 is 2.74 bits per heavy atom. The molecular weight excluding hydrogens is 398 g/mol. The third-order valence-corrected chi connectivity index (χ3v) is 5.20. The summed E-state index contributed by atoms with van der Waals surface area (Å²) in [6.45, 7) is 4.09. The molecule has 0 unspecified atom stereocenters. The summed E-state index contributed by atoms with van der Waals surface area (Å²) in [4.78, 5) is 27.1.